The Morgan fingerprint density at radius 1 is 1.33 bits per heavy atom. The van der Waals surface area contributed by atoms with Gasteiger partial charge in [0.05, 0.1) is 0 Å². The van der Waals surface area contributed by atoms with Gasteiger partial charge in [-0.05, 0) is 50.3 Å². The SMILES string of the molecule is CCc1cccc2c1CCCN2C(C)C. The highest BCUT2D eigenvalue weighted by Gasteiger charge is 2.20. The Morgan fingerprint density at radius 2 is 2.13 bits per heavy atom. The molecule has 0 saturated carbocycles. The molecule has 1 nitrogen and oxygen atoms in total. The molecule has 1 heteroatoms. The fraction of sp³-hybridized carbons (Fsp3) is 0.571. The van der Waals surface area contributed by atoms with Crippen molar-refractivity contribution in [1.29, 1.82) is 0 Å². The van der Waals surface area contributed by atoms with E-state index in [1.807, 2.05) is 0 Å². The van der Waals surface area contributed by atoms with Crippen LogP contribution in [0.3, 0.4) is 0 Å². The van der Waals surface area contributed by atoms with E-state index in [1.165, 1.54) is 30.6 Å². The van der Waals surface area contributed by atoms with E-state index in [1.54, 1.807) is 5.56 Å². The summed E-state index contributed by atoms with van der Waals surface area (Å²) < 4.78 is 0. The minimum absolute atomic E-state index is 0.621. The van der Waals surface area contributed by atoms with E-state index in [0.29, 0.717) is 6.04 Å². The molecule has 82 valence electrons. The standard InChI is InChI=1S/C14H21N/c1-4-12-7-5-9-14-13(12)8-6-10-15(14)11(2)3/h5,7,9,11H,4,6,8,10H2,1-3H3. The fourth-order valence-electron chi connectivity index (χ4n) is 2.59. The number of hydrogen-bond acceptors (Lipinski definition) is 1. The second kappa shape index (κ2) is 4.26. The second-order valence-corrected chi connectivity index (χ2v) is 4.66. The number of nitrogens with zero attached hydrogens (tertiary/aromatic N) is 1. The van der Waals surface area contributed by atoms with Crippen molar-refractivity contribution in [3.05, 3.63) is 29.3 Å². The molecule has 1 heterocycles. The average molecular weight is 203 g/mol. The lowest BCUT2D eigenvalue weighted by Crippen LogP contribution is -2.35. The van der Waals surface area contributed by atoms with Crippen LogP contribution in [0.4, 0.5) is 5.69 Å². The zero-order valence-electron chi connectivity index (χ0n) is 10.1. The molecule has 0 bridgehead atoms. The van der Waals surface area contributed by atoms with Crippen molar-refractivity contribution in [3.8, 4) is 0 Å². The number of aryl methyl sites for hydroxylation is 1. The van der Waals surface area contributed by atoms with E-state index in [-0.39, 0.29) is 0 Å². The van der Waals surface area contributed by atoms with E-state index >= 15 is 0 Å². The summed E-state index contributed by atoms with van der Waals surface area (Å²) in [6, 6.07) is 7.39. The number of rotatable bonds is 2. The smallest absolute Gasteiger partial charge is 0.0403 e. The molecule has 0 aliphatic carbocycles. The molecular formula is C14H21N. The van der Waals surface area contributed by atoms with Gasteiger partial charge in [0.15, 0.2) is 0 Å². The lowest BCUT2D eigenvalue weighted by Gasteiger charge is -2.35. The Bertz CT molecular complexity index is 341. The first-order valence-electron chi connectivity index (χ1n) is 6.11. The molecule has 0 atom stereocenters. The molecule has 0 unspecified atom stereocenters. The topological polar surface area (TPSA) is 3.24 Å². The molecule has 0 aromatic heterocycles. The molecular weight excluding hydrogens is 182 g/mol. The first-order chi connectivity index (χ1) is 7.24. The molecule has 1 aliphatic heterocycles. The number of benzene rings is 1. The van der Waals surface area contributed by atoms with Crippen molar-refractivity contribution in [3.63, 3.8) is 0 Å². The van der Waals surface area contributed by atoms with Crippen LogP contribution in [0.25, 0.3) is 0 Å². The van der Waals surface area contributed by atoms with Gasteiger partial charge in [-0.15, -0.1) is 0 Å². The molecule has 1 aromatic rings. The normalized spacial score (nSPS) is 15.6. The summed E-state index contributed by atoms with van der Waals surface area (Å²) in [5, 5.41) is 0. The lowest BCUT2D eigenvalue weighted by atomic mass is 9.94. The maximum absolute atomic E-state index is 2.54. The average Bonchev–Trinajstić information content (AvgIpc) is 2.27. The van der Waals surface area contributed by atoms with Crippen molar-refractivity contribution in [1.82, 2.24) is 0 Å². The lowest BCUT2D eigenvalue weighted by molar-refractivity contribution is 0.623. The third kappa shape index (κ3) is 1.88. The van der Waals surface area contributed by atoms with Crippen molar-refractivity contribution in [2.75, 3.05) is 11.4 Å². The summed E-state index contributed by atoms with van der Waals surface area (Å²) in [7, 11) is 0. The fourth-order valence-corrected chi connectivity index (χ4v) is 2.59. The third-order valence-electron chi connectivity index (χ3n) is 3.39. The predicted molar refractivity (Wildman–Crippen MR) is 66.6 cm³/mol. The Kier molecular flexibility index (Phi) is 2.99. The Hall–Kier alpha value is -0.980. The summed E-state index contributed by atoms with van der Waals surface area (Å²) in [4.78, 5) is 2.54. The van der Waals surface area contributed by atoms with E-state index in [4.69, 9.17) is 0 Å². The van der Waals surface area contributed by atoms with Gasteiger partial charge < -0.3 is 4.90 Å². The predicted octanol–water partition coefficient (Wildman–Crippen LogP) is 3.41. The zero-order chi connectivity index (χ0) is 10.8. The molecule has 0 N–H and O–H groups in total. The number of fused-ring (bicyclic) bond motifs is 1. The van der Waals surface area contributed by atoms with Gasteiger partial charge in [-0.1, -0.05) is 19.1 Å². The van der Waals surface area contributed by atoms with Gasteiger partial charge in [-0.3, -0.25) is 0 Å². The van der Waals surface area contributed by atoms with Gasteiger partial charge >= 0.3 is 0 Å². The molecule has 0 saturated heterocycles. The summed E-state index contributed by atoms with van der Waals surface area (Å²) in [6.07, 6.45) is 3.74. The van der Waals surface area contributed by atoms with Gasteiger partial charge in [-0.25, -0.2) is 0 Å². The Morgan fingerprint density at radius 3 is 2.80 bits per heavy atom. The molecule has 0 radical (unpaired) electrons. The van der Waals surface area contributed by atoms with Crippen molar-refractivity contribution in [2.45, 2.75) is 46.1 Å². The van der Waals surface area contributed by atoms with E-state index < -0.39 is 0 Å². The van der Waals surface area contributed by atoms with Crippen LogP contribution in [0.5, 0.6) is 0 Å². The van der Waals surface area contributed by atoms with Gasteiger partial charge in [0.25, 0.3) is 0 Å². The van der Waals surface area contributed by atoms with Crippen LogP contribution in [-0.4, -0.2) is 12.6 Å². The molecule has 0 amide bonds. The highest BCUT2D eigenvalue weighted by atomic mass is 15.2. The summed E-state index contributed by atoms with van der Waals surface area (Å²) in [5.41, 5.74) is 4.62. The monoisotopic (exact) mass is 203 g/mol. The third-order valence-corrected chi connectivity index (χ3v) is 3.39. The first kappa shape index (κ1) is 10.5. The summed E-state index contributed by atoms with van der Waals surface area (Å²) in [5.74, 6) is 0. The van der Waals surface area contributed by atoms with Crippen LogP contribution < -0.4 is 4.90 Å². The summed E-state index contributed by atoms with van der Waals surface area (Å²) >= 11 is 0. The van der Waals surface area contributed by atoms with Crippen molar-refractivity contribution < 1.29 is 0 Å². The minimum Gasteiger partial charge on any atom is -0.369 e. The Balaban J connectivity index is 2.44. The quantitative estimate of drug-likeness (QED) is 0.712. The van der Waals surface area contributed by atoms with Crippen LogP contribution in [0.2, 0.25) is 0 Å². The van der Waals surface area contributed by atoms with Crippen LogP contribution in [0.15, 0.2) is 18.2 Å². The first-order valence-corrected chi connectivity index (χ1v) is 6.11. The van der Waals surface area contributed by atoms with Gasteiger partial charge in [0.1, 0.15) is 0 Å². The largest absolute Gasteiger partial charge is 0.369 e. The Labute approximate surface area is 93.1 Å². The van der Waals surface area contributed by atoms with E-state index in [2.05, 4.69) is 43.9 Å². The van der Waals surface area contributed by atoms with Gasteiger partial charge in [0, 0.05) is 18.3 Å². The molecule has 0 spiro atoms. The van der Waals surface area contributed by atoms with Gasteiger partial charge in [-0.2, -0.15) is 0 Å². The number of anilines is 1. The van der Waals surface area contributed by atoms with Crippen LogP contribution in [-0.2, 0) is 12.8 Å². The van der Waals surface area contributed by atoms with Crippen molar-refractivity contribution >= 4 is 5.69 Å². The molecule has 1 aromatic carbocycles. The summed E-state index contributed by atoms with van der Waals surface area (Å²) in [6.45, 7) is 8.04. The second-order valence-electron chi connectivity index (χ2n) is 4.66. The van der Waals surface area contributed by atoms with Crippen LogP contribution >= 0.6 is 0 Å². The molecule has 1 aliphatic rings. The van der Waals surface area contributed by atoms with Crippen LogP contribution in [0.1, 0.15) is 38.3 Å². The van der Waals surface area contributed by atoms with Crippen molar-refractivity contribution in [2.24, 2.45) is 0 Å². The highest BCUT2D eigenvalue weighted by Crippen LogP contribution is 2.31. The van der Waals surface area contributed by atoms with E-state index in [9.17, 15) is 0 Å². The van der Waals surface area contributed by atoms with Crippen LogP contribution in [0, 0.1) is 0 Å². The molecule has 15 heavy (non-hydrogen) atoms. The zero-order valence-corrected chi connectivity index (χ0v) is 10.1. The van der Waals surface area contributed by atoms with E-state index in [0.717, 1.165) is 6.42 Å². The minimum atomic E-state index is 0.621. The molecule has 0 fully saturated rings. The molecule has 2 rings (SSSR count). The van der Waals surface area contributed by atoms with Gasteiger partial charge in [0.2, 0.25) is 0 Å². The highest BCUT2D eigenvalue weighted by molar-refractivity contribution is 5.59. The maximum atomic E-state index is 2.54. The number of hydrogen-bond donors (Lipinski definition) is 0. The maximum Gasteiger partial charge on any atom is 0.0403 e.